The Kier molecular flexibility index (Phi) is 4.99. The van der Waals surface area contributed by atoms with E-state index in [1.165, 1.54) is 32.1 Å². The molecule has 5 heteroatoms. The summed E-state index contributed by atoms with van der Waals surface area (Å²) < 4.78 is 5.57. The van der Waals surface area contributed by atoms with E-state index in [0.29, 0.717) is 11.9 Å². The van der Waals surface area contributed by atoms with Crippen molar-refractivity contribution in [1.29, 1.82) is 0 Å². The van der Waals surface area contributed by atoms with Crippen LogP contribution >= 0.6 is 0 Å². The van der Waals surface area contributed by atoms with Gasteiger partial charge in [0.2, 0.25) is 5.89 Å². The molecule has 1 atom stereocenters. The molecule has 0 bridgehead atoms. The maximum Gasteiger partial charge on any atom is 0.315 e. The van der Waals surface area contributed by atoms with Gasteiger partial charge in [-0.2, -0.15) is 0 Å². The second-order valence-corrected chi connectivity index (χ2v) is 5.09. The third-order valence-electron chi connectivity index (χ3n) is 3.62. The van der Waals surface area contributed by atoms with Crippen molar-refractivity contribution in [2.45, 2.75) is 52.0 Å². The van der Waals surface area contributed by atoms with Gasteiger partial charge in [-0.1, -0.05) is 37.7 Å². The first-order valence-corrected chi connectivity index (χ1v) is 7.10. The van der Waals surface area contributed by atoms with Crippen molar-refractivity contribution in [3.8, 4) is 0 Å². The van der Waals surface area contributed by atoms with E-state index >= 15 is 0 Å². The molecule has 18 heavy (non-hydrogen) atoms. The zero-order valence-corrected chi connectivity index (χ0v) is 11.4. The van der Waals surface area contributed by atoms with E-state index in [9.17, 15) is 0 Å². The fourth-order valence-corrected chi connectivity index (χ4v) is 2.56. The second-order valence-electron chi connectivity index (χ2n) is 5.09. The molecule has 1 aliphatic rings. The summed E-state index contributed by atoms with van der Waals surface area (Å²) >= 11 is 0. The molecular formula is C13H24N4O. The summed E-state index contributed by atoms with van der Waals surface area (Å²) in [4.78, 5) is 0. The van der Waals surface area contributed by atoms with E-state index in [-0.39, 0.29) is 6.04 Å². The van der Waals surface area contributed by atoms with Gasteiger partial charge in [-0.25, -0.2) is 0 Å². The van der Waals surface area contributed by atoms with Gasteiger partial charge in [0, 0.05) is 6.54 Å². The van der Waals surface area contributed by atoms with Crippen LogP contribution in [0.1, 0.15) is 57.9 Å². The van der Waals surface area contributed by atoms with Crippen molar-refractivity contribution < 1.29 is 4.42 Å². The minimum Gasteiger partial charge on any atom is -0.406 e. The number of rotatable bonds is 7. The SMILES string of the molecule is CCNC(C)c1nnc(NCCC2CCCC2)o1. The lowest BCUT2D eigenvalue weighted by atomic mass is 10.0. The highest BCUT2D eigenvalue weighted by atomic mass is 16.4. The van der Waals surface area contributed by atoms with Crippen LogP contribution in [0.3, 0.4) is 0 Å². The number of hydrogen-bond donors (Lipinski definition) is 2. The monoisotopic (exact) mass is 252 g/mol. The zero-order valence-electron chi connectivity index (χ0n) is 11.4. The number of nitrogens with zero attached hydrogens (tertiary/aromatic N) is 2. The summed E-state index contributed by atoms with van der Waals surface area (Å²) in [6.07, 6.45) is 6.77. The molecule has 102 valence electrons. The van der Waals surface area contributed by atoms with Gasteiger partial charge in [0.05, 0.1) is 6.04 Å². The molecule has 0 saturated heterocycles. The highest BCUT2D eigenvalue weighted by molar-refractivity contribution is 5.17. The first-order chi connectivity index (χ1) is 8.79. The Balaban J connectivity index is 1.72. The fourth-order valence-electron chi connectivity index (χ4n) is 2.56. The molecule has 0 spiro atoms. The molecule has 1 aromatic rings. The Bertz CT molecular complexity index is 347. The second kappa shape index (κ2) is 6.73. The van der Waals surface area contributed by atoms with Gasteiger partial charge >= 0.3 is 6.01 Å². The number of anilines is 1. The summed E-state index contributed by atoms with van der Waals surface area (Å²) in [6, 6.07) is 0.667. The molecule has 0 aromatic carbocycles. The summed E-state index contributed by atoms with van der Waals surface area (Å²) in [5.74, 6) is 1.54. The lowest BCUT2D eigenvalue weighted by Crippen LogP contribution is -2.17. The Morgan fingerprint density at radius 3 is 2.83 bits per heavy atom. The molecule has 1 saturated carbocycles. The average molecular weight is 252 g/mol. The van der Waals surface area contributed by atoms with E-state index in [1.807, 2.05) is 6.92 Å². The molecule has 2 rings (SSSR count). The van der Waals surface area contributed by atoms with Crippen LogP contribution in [0, 0.1) is 5.92 Å². The average Bonchev–Trinajstić information content (AvgIpc) is 3.00. The predicted octanol–water partition coefficient (Wildman–Crippen LogP) is 2.73. The van der Waals surface area contributed by atoms with Gasteiger partial charge < -0.3 is 15.1 Å². The Morgan fingerprint density at radius 2 is 2.11 bits per heavy atom. The zero-order chi connectivity index (χ0) is 12.8. The molecular weight excluding hydrogens is 228 g/mol. The van der Waals surface area contributed by atoms with Gasteiger partial charge in [-0.15, -0.1) is 5.10 Å². The van der Waals surface area contributed by atoms with Gasteiger partial charge in [-0.05, 0) is 25.8 Å². The van der Waals surface area contributed by atoms with Gasteiger partial charge in [0.25, 0.3) is 0 Å². The molecule has 1 unspecified atom stereocenters. The van der Waals surface area contributed by atoms with E-state index in [4.69, 9.17) is 4.42 Å². The third kappa shape index (κ3) is 3.70. The predicted molar refractivity (Wildman–Crippen MR) is 71.5 cm³/mol. The smallest absolute Gasteiger partial charge is 0.315 e. The molecule has 0 aliphatic heterocycles. The highest BCUT2D eigenvalue weighted by Gasteiger charge is 2.15. The fraction of sp³-hybridized carbons (Fsp3) is 0.846. The Hall–Kier alpha value is -1.10. The molecule has 5 nitrogen and oxygen atoms in total. The third-order valence-corrected chi connectivity index (χ3v) is 3.62. The largest absolute Gasteiger partial charge is 0.406 e. The van der Waals surface area contributed by atoms with Crippen LogP contribution in [0.5, 0.6) is 0 Å². The normalized spacial score (nSPS) is 18.1. The molecule has 1 heterocycles. The van der Waals surface area contributed by atoms with Crippen molar-refractivity contribution >= 4 is 6.01 Å². The number of aromatic nitrogens is 2. The summed E-state index contributed by atoms with van der Waals surface area (Å²) in [5.41, 5.74) is 0. The minimum atomic E-state index is 0.118. The van der Waals surface area contributed by atoms with Gasteiger partial charge in [0.15, 0.2) is 0 Å². The van der Waals surface area contributed by atoms with Crippen LogP contribution in [0.25, 0.3) is 0 Å². The molecule has 1 aliphatic carbocycles. The Labute approximate surface area is 109 Å². The maximum atomic E-state index is 5.57. The first-order valence-electron chi connectivity index (χ1n) is 7.10. The van der Waals surface area contributed by atoms with Crippen molar-refractivity contribution in [1.82, 2.24) is 15.5 Å². The number of hydrogen-bond acceptors (Lipinski definition) is 5. The van der Waals surface area contributed by atoms with Crippen LogP contribution in [0.2, 0.25) is 0 Å². The lowest BCUT2D eigenvalue weighted by molar-refractivity contribution is 0.427. The topological polar surface area (TPSA) is 63.0 Å². The lowest BCUT2D eigenvalue weighted by Gasteiger charge is -2.08. The summed E-state index contributed by atoms with van der Waals surface area (Å²) in [5, 5.41) is 14.5. The van der Waals surface area contributed by atoms with Crippen LogP contribution < -0.4 is 10.6 Å². The minimum absolute atomic E-state index is 0.118. The molecule has 0 radical (unpaired) electrons. The van der Waals surface area contributed by atoms with Crippen molar-refractivity contribution in [2.24, 2.45) is 5.92 Å². The molecule has 1 fully saturated rings. The molecule has 0 amide bonds. The van der Waals surface area contributed by atoms with E-state index in [0.717, 1.165) is 19.0 Å². The van der Waals surface area contributed by atoms with Gasteiger partial charge in [0.1, 0.15) is 0 Å². The standard InChI is InChI=1S/C13H24N4O/c1-3-14-10(2)12-16-17-13(18-12)15-9-8-11-6-4-5-7-11/h10-11,14H,3-9H2,1-2H3,(H,15,17). The van der Waals surface area contributed by atoms with E-state index in [1.54, 1.807) is 0 Å². The van der Waals surface area contributed by atoms with Crippen LogP contribution in [0.4, 0.5) is 6.01 Å². The summed E-state index contributed by atoms with van der Waals surface area (Å²) in [6.45, 7) is 5.92. The van der Waals surface area contributed by atoms with Crippen molar-refractivity contribution in [3.63, 3.8) is 0 Å². The van der Waals surface area contributed by atoms with Crippen molar-refractivity contribution in [3.05, 3.63) is 5.89 Å². The first kappa shape index (κ1) is 13.3. The summed E-state index contributed by atoms with van der Waals surface area (Å²) in [7, 11) is 0. The molecule has 2 N–H and O–H groups in total. The van der Waals surface area contributed by atoms with Gasteiger partial charge in [-0.3, -0.25) is 0 Å². The van der Waals surface area contributed by atoms with Crippen LogP contribution in [0.15, 0.2) is 4.42 Å². The quantitative estimate of drug-likeness (QED) is 0.781. The van der Waals surface area contributed by atoms with E-state index in [2.05, 4.69) is 27.8 Å². The maximum absolute atomic E-state index is 5.57. The van der Waals surface area contributed by atoms with Crippen LogP contribution in [-0.2, 0) is 0 Å². The molecule has 1 aromatic heterocycles. The number of nitrogens with one attached hydrogen (secondary N) is 2. The highest BCUT2D eigenvalue weighted by Crippen LogP contribution is 2.27. The van der Waals surface area contributed by atoms with E-state index < -0.39 is 0 Å². The van der Waals surface area contributed by atoms with Crippen molar-refractivity contribution in [2.75, 3.05) is 18.4 Å². The van der Waals surface area contributed by atoms with Crippen LogP contribution in [-0.4, -0.2) is 23.3 Å². The Morgan fingerprint density at radius 1 is 1.33 bits per heavy atom.